The minimum atomic E-state index is -0.519. The second-order valence-electron chi connectivity index (χ2n) is 4.85. The van der Waals surface area contributed by atoms with E-state index in [1.54, 1.807) is 18.5 Å². The van der Waals surface area contributed by atoms with E-state index >= 15 is 0 Å². The lowest BCUT2D eigenvalue weighted by molar-refractivity contribution is -0.00000356. The molecule has 0 bridgehead atoms. The van der Waals surface area contributed by atoms with Crippen molar-refractivity contribution in [3.8, 4) is 0 Å². The Balaban J connectivity index is -0.000000845. The summed E-state index contributed by atoms with van der Waals surface area (Å²) in [5.74, 6) is 0. The molecule has 0 radical (unpaired) electrons. The van der Waals surface area contributed by atoms with Gasteiger partial charge >= 0.3 is 0 Å². The molecule has 3 heteroatoms. The van der Waals surface area contributed by atoms with Gasteiger partial charge in [-0.2, -0.15) is 0 Å². The van der Waals surface area contributed by atoms with E-state index < -0.39 is 7.26 Å². The molecule has 0 aliphatic rings. The Morgan fingerprint density at radius 3 is 1.12 bits per heavy atom. The van der Waals surface area contributed by atoms with Crippen LogP contribution in [0, 0.1) is 0 Å². The van der Waals surface area contributed by atoms with Crippen LogP contribution in [0.4, 0.5) is 0 Å². The highest BCUT2D eigenvalue weighted by molar-refractivity contribution is 7.75. The van der Waals surface area contributed by atoms with Crippen LogP contribution in [0.2, 0.25) is 0 Å². The van der Waals surface area contributed by atoms with Crippen LogP contribution in [0.1, 0.15) is 59.3 Å². The summed E-state index contributed by atoms with van der Waals surface area (Å²) in [6.45, 7) is 9.59. The predicted octanol–water partition coefficient (Wildman–Crippen LogP) is 0.854. The zero-order chi connectivity index (χ0) is 10.9. The molecular formula is C13H33AlClP. The first-order valence-electron chi connectivity index (χ1n) is 6.52. The van der Waals surface area contributed by atoms with Crippen LogP contribution in [-0.4, -0.2) is 42.5 Å². The van der Waals surface area contributed by atoms with Gasteiger partial charge in [-0.3, -0.25) is 0 Å². The molecule has 0 heterocycles. The van der Waals surface area contributed by atoms with Gasteiger partial charge < -0.3 is 12.4 Å². The second kappa shape index (κ2) is 14.3. The zero-order valence-corrected chi connectivity index (χ0v) is 12.8. The number of unbranched alkanes of at least 4 members (excludes halogenated alkanes) is 3. The SMILES string of the molecule is CCCC[P+](C)(CCCC)CCCC.[AlH3].[Cl-]. The van der Waals surface area contributed by atoms with Gasteiger partial charge in [-0.15, -0.1) is 0 Å². The third-order valence-electron chi connectivity index (χ3n) is 3.15. The molecule has 0 atom stereocenters. The third kappa shape index (κ3) is 11.7. The van der Waals surface area contributed by atoms with Gasteiger partial charge in [0.25, 0.3) is 0 Å². The molecule has 0 saturated heterocycles. The van der Waals surface area contributed by atoms with Gasteiger partial charge in [-0.25, -0.2) is 0 Å². The quantitative estimate of drug-likeness (QED) is 0.435. The van der Waals surface area contributed by atoms with Crippen molar-refractivity contribution in [2.24, 2.45) is 0 Å². The van der Waals surface area contributed by atoms with Crippen molar-refractivity contribution in [3.63, 3.8) is 0 Å². The zero-order valence-electron chi connectivity index (χ0n) is 11.2. The number of halogens is 1. The Bertz CT molecular complexity index is 109. The molecule has 0 N–H and O–H groups in total. The van der Waals surface area contributed by atoms with Crippen LogP contribution in [0.3, 0.4) is 0 Å². The van der Waals surface area contributed by atoms with E-state index in [1.165, 1.54) is 38.5 Å². The van der Waals surface area contributed by atoms with Crippen molar-refractivity contribution >= 4 is 24.6 Å². The molecule has 100 valence electrons. The molecule has 0 aliphatic carbocycles. The number of hydrogen-bond acceptors (Lipinski definition) is 0. The first-order valence-corrected chi connectivity index (χ1v) is 9.31. The molecule has 0 spiro atoms. The van der Waals surface area contributed by atoms with E-state index in [9.17, 15) is 0 Å². The summed E-state index contributed by atoms with van der Waals surface area (Å²) < 4.78 is 0. The van der Waals surface area contributed by atoms with E-state index in [0.29, 0.717) is 0 Å². The minimum Gasteiger partial charge on any atom is -1.00 e. The van der Waals surface area contributed by atoms with Crippen LogP contribution < -0.4 is 12.4 Å². The van der Waals surface area contributed by atoms with Gasteiger partial charge in [0, 0.05) is 13.9 Å². The van der Waals surface area contributed by atoms with Crippen molar-refractivity contribution in [2.45, 2.75) is 59.3 Å². The first-order chi connectivity index (χ1) is 6.68. The molecule has 0 nitrogen and oxygen atoms in total. The van der Waals surface area contributed by atoms with Gasteiger partial charge in [-0.1, -0.05) is 40.0 Å². The summed E-state index contributed by atoms with van der Waals surface area (Å²) in [5.41, 5.74) is 0. The van der Waals surface area contributed by atoms with Gasteiger partial charge in [0.2, 0.25) is 0 Å². The molecule has 0 amide bonds. The second-order valence-corrected chi connectivity index (χ2v) is 9.43. The van der Waals surface area contributed by atoms with Gasteiger partial charge in [-0.05, 0) is 19.3 Å². The lowest BCUT2D eigenvalue weighted by atomic mass is 10.4. The van der Waals surface area contributed by atoms with Crippen molar-refractivity contribution in [1.29, 1.82) is 0 Å². The molecular weight excluding hydrogens is 250 g/mol. The van der Waals surface area contributed by atoms with Crippen molar-refractivity contribution in [1.82, 2.24) is 0 Å². The van der Waals surface area contributed by atoms with Crippen molar-refractivity contribution < 1.29 is 12.4 Å². The first kappa shape index (κ1) is 22.4. The van der Waals surface area contributed by atoms with Crippen LogP contribution >= 0.6 is 7.26 Å². The Kier molecular flexibility index (Phi) is 20.1. The summed E-state index contributed by atoms with van der Waals surface area (Å²) >= 11 is 0. The fourth-order valence-corrected chi connectivity index (χ4v) is 5.86. The molecule has 0 unspecified atom stereocenters. The van der Waals surface area contributed by atoms with Crippen LogP contribution in [0.25, 0.3) is 0 Å². The van der Waals surface area contributed by atoms with Gasteiger partial charge in [0.15, 0.2) is 17.4 Å². The highest BCUT2D eigenvalue weighted by Gasteiger charge is 2.28. The van der Waals surface area contributed by atoms with E-state index in [0.717, 1.165) is 0 Å². The summed E-state index contributed by atoms with van der Waals surface area (Å²) in [6.07, 6.45) is 13.2. The summed E-state index contributed by atoms with van der Waals surface area (Å²) in [4.78, 5) is 0. The maximum atomic E-state index is 2.62. The molecule has 16 heavy (non-hydrogen) atoms. The smallest absolute Gasteiger partial charge is 0.187 e. The monoisotopic (exact) mass is 282 g/mol. The van der Waals surface area contributed by atoms with Crippen molar-refractivity contribution in [3.05, 3.63) is 0 Å². The minimum absolute atomic E-state index is 0. The Morgan fingerprint density at radius 2 is 0.938 bits per heavy atom. The largest absolute Gasteiger partial charge is 1.00 e. The summed E-state index contributed by atoms with van der Waals surface area (Å²) in [7, 11) is -0.519. The normalized spacial score (nSPS) is 10.5. The lowest BCUT2D eigenvalue weighted by Crippen LogP contribution is -3.00. The molecule has 0 aliphatic heterocycles. The van der Waals surface area contributed by atoms with Gasteiger partial charge in [0.1, 0.15) is 0 Å². The molecule has 0 fully saturated rings. The van der Waals surface area contributed by atoms with Crippen LogP contribution in [0.5, 0.6) is 0 Å². The maximum Gasteiger partial charge on any atom is 0.187 e. The molecule has 0 aromatic rings. The summed E-state index contributed by atoms with van der Waals surface area (Å²) in [5, 5.41) is 0. The van der Waals surface area contributed by atoms with E-state index in [1.807, 2.05) is 0 Å². The maximum absolute atomic E-state index is 2.62. The Morgan fingerprint density at radius 1 is 0.688 bits per heavy atom. The van der Waals surface area contributed by atoms with Crippen molar-refractivity contribution in [2.75, 3.05) is 25.2 Å². The molecule has 0 rings (SSSR count). The van der Waals surface area contributed by atoms with E-state index in [2.05, 4.69) is 27.4 Å². The predicted molar refractivity (Wildman–Crippen MR) is 82.1 cm³/mol. The molecule has 0 saturated carbocycles. The Hall–Kier alpha value is 1.25. The van der Waals surface area contributed by atoms with E-state index in [-0.39, 0.29) is 29.8 Å². The number of hydrogen-bond donors (Lipinski definition) is 0. The Labute approximate surface area is 121 Å². The van der Waals surface area contributed by atoms with Gasteiger partial charge in [0.05, 0.1) is 18.5 Å². The highest BCUT2D eigenvalue weighted by atomic mass is 35.5. The average molecular weight is 283 g/mol. The molecule has 0 aromatic carbocycles. The fourth-order valence-electron chi connectivity index (χ4n) is 1.95. The third-order valence-corrected chi connectivity index (χ3v) is 7.34. The lowest BCUT2D eigenvalue weighted by Gasteiger charge is -2.22. The van der Waals surface area contributed by atoms with Crippen LogP contribution in [-0.2, 0) is 0 Å². The fraction of sp³-hybridized carbons (Fsp3) is 1.00. The number of rotatable bonds is 9. The standard InChI is InChI=1S/C13H30P.Al.ClH.3H/c1-5-8-11-14(4,12-9-6-2)13-10-7-3;;;;;/h5-13H2,1-4H3;;1H;;;/q+1;;;;;/p-1. The summed E-state index contributed by atoms with van der Waals surface area (Å²) in [6, 6.07) is 0. The average Bonchev–Trinajstić information content (AvgIpc) is 2.21. The van der Waals surface area contributed by atoms with E-state index in [4.69, 9.17) is 0 Å². The van der Waals surface area contributed by atoms with Crippen LogP contribution in [0.15, 0.2) is 0 Å². The highest BCUT2D eigenvalue weighted by Crippen LogP contribution is 2.57. The topological polar surface area (TPSA) is 0 Å². The molecule has 0 aromatic heterocycles.